The molecule has 0 spiro atoms. The van der Waals surface area contributed by atoms with Gasteiger partial charge in [-0.2, -0.15) is 0 Å². The van der Waals surface area contributed by atoms with E-state index in [2.05, 4.69) is 43.1 Å². The minimum Gasteiger partial charge on any atom is -0.469 e. The molecule has 1 fully saturated rings. The van der Waals surface area contributed by atoms with E-state index in [0.29, 0.717) is 0 Å². The number of rotatable bonds is 5. The normalized spacial score (nSPS) is 22.4. The van der Waals surface area contributed by atoms with Crippen molar-refractivity contribution >= 4 is 11.9 Å². The SMILES string of the molecule is COC(=O)CC(NC1CC(C)(C)NC(C)(C)C1)C(=O)OC. The first-order chi connectivity index (χ1) is 9.58. The number of esters is 2. The van der Waals surface area contributed by atoms with Crippen LogP contribution in [-0.4, -0.2) is 49.3 Å². The van der Waals surface area contributed by atoms with E-state index in [4.69, 9.17) is 4.74 Å². The van der Waals surface area contributed by atoms with Gasteiger partial charge < -0.3 is 20.1 Å². The summed E-state index contributed by atoms with van der Waals surface area (Å²) in [5.74, 6) is -0.861. The molecule has 0 aromatic heterocycles. The van der Waals surface area contributed by atoms with Crippen molar-refractivity contribution < 1.29 is 19.1 Å². The predicted octanol–water partition coefficient (Wildman–Crippen LogP) is 0.990. The highest BCUT2D eigenvalue weighted by molar-refractivity contribution is 5.82. The van der Waals surface area contributed by atoms with Gasteiger partial charge in [0.05, 0.1) is 20.6 Å². The Morgan fingerprint density at radius 3 is 2.10 bits per heavy atom. The summed E-state index contributed by atoms with van der Waals surface area (Å²) in [6.45, 7) is 8.54. The van der Waals surface area contributed by atoms with Gasteiger partial charge in [-0.15, -0.1) is 0 Å². The first kappa shape index (κ1) is 17.9. The molecule has 1 rings (SSSR count). The Kier molecular flexibility index (Phi) is 5.75. The van der Waals surface area contributed by atoms with E-state index in [9.17, 15) is 9.59 Å². The second-order valence-corrected chi connectivity index (χ2v) is 7.02. The zero-order chi connectivity index (χ0) is 16.3. The van der Waals surface area contributed by atoms with Gasteiger partial charge in [-0.25, -0.2) is 0 Å². The van der Waals surface area contributed by atoms with Crippen molar-refractivity contribution in [2.45, 2.75) is 70.1 Å². The van der Waals surface area contributed by atoms with Gasteiger partial charge in [0.25, 0.3) is 0 Å². The summed E-state index contributed by atoms with van der Waals surface area (Å²) < 4.78 is 9.43. The Hall–Kier alpha value is -1.14. The van der Waals surface area contributed by atoms with Crippen LogP contribution in [0.4, 0.5) is 0 Å². The molecular weight excluding hydrogens is 272 g/mol. The van der Waals surface area contributed by atoms with Crippen molar-refractivity contribution in [3.8, 4) is 0 Å². The average Bonchev–Trinajstić information content (AvgIpc) is 2.32. The summed E-state index contributed by atoms with van der Waals surface area (Å²) in [5.41, 5.74) is -0.0727. The number of hydrogen-bond donors (Lipinski definition) is 2. The number of piperidine rings is 1. The molecule has 1 atom stereocenters. The lowest BCUT2D eigenvalue weighted by molar-refractivity contribution is -0.150. The summed E-state index contributed by atoms with van der Waals surface area (Å²) in [7, 11) is 2.64. The highest BCUT2D eigenvalue weighted by Gasteiger charge is 2.39. The van der Waals surface area contributed by atoms with E-state index in [1.807, 2.05) is 0 Å². The molecule has 1 aliphatic heterocycles. The zero-order valence-electron chi connectivity index (χ0n) is 13.9. The highest BCUT2D eigenvalue weighted by atomic mass is 16.5. The van der Waals surface area contributed by atoms with Crippen LogP contribution in [0.3, 0.4) is 0 Å². The summed E-state index contributed by atoms with van der Waals surface area (Å²) >= 11 is 0. The fourth-order valence-corrected chi connectivity index (χ4v) is 3.33. The van der Waals surface area contributed by atoms with Crippen LogP contribution in [0.2, 0.25) is 0 Å². The van der Waals surface area contributed by atoms with Crippen molar-refractivity contribution in [2.24, 2.45) is 0 Å². The molecule has 1 heterocycles. The van der Waals surface area contributed by atoms with Crippen molar-refractivity contribution in [1.29, 1.82) is 0 Å². The lowest BCUT2D eigenvalue weighted by Gasteiger charge is -2.47. The van der Waals surface area contributed by atoms with Crippen LogP contribution in [0.15, 0.2) is 0 Å². The Bertz CT molecular complexity index is 377. The minimum absolute atomic E-state index is 0.0199. The summed E-state index contributed by atoms with van der Waals surface area (Å²) in [6, 6.07) is -0.540. The molecule has 1 aliphatic rings. The van der Waals surface area contributed by atoms with Crippen molar-refractivity contribution in [3.05, 3.63) is 0 Å². The zero-order valence-corrected chi connectivity index (χ0v) is 13.9. The molecular formula is C15H28N2O4. The maximum atomic E-state index is 11.9. The summed E-state index contributed by atoms with van der Waals surface area (Å²) in [6.07, 6.45) is 1.71. The standard InChI is InChI=1S/C15H28N2O4/c1-14(2)8-10(9-15(3,4)17-14)16-11(13(19)21-6)7-12(18)20-5/h10-11,16-17H,7-9H2,1-6H3. The Labute approximate surface area is 126 Å². The largest absolute Gasteiger partial charge is 0.469 e. The molecule has 21 heavy (non-hydrogen) atoms. The van der Waals surface area contributed by atoms with Gasteiger partial charge in [0, 0.05) is 17.1 Å². The van der Waals surface area contributed by atoms with Crippen LogP contribution in [0, 0.1) is 0 Å². The Balaban J connectivity index is 2.77. The predicted molar refractivity (Wildman–Crippen MR) is 79.9 cm³/mol. The second-order valence-electron chi connectivity index (χ2n) is 7.02. The molecule has 6 heteroatoms. The van der Waals surface area contributed by atoms with Crippen LogP contribution >= 0.6 is 0 Å². The molecule has 0 saturated carbocycles. The molecule has 0 radical (unpaired) electrons. The first-order valence-corrected chi connectivity index (χ1v) is 7.28. The molecule has 0 amide bonds. The maximum absolute atomic E-state index is 11.9. The van der Waals surface area contributed by atoms with Gasteiger partial charge in [-0.3, -0.25) is 9.59 Å². The third kappa shape index (κ3) is 5.63. The van der Waals surface area contributed by atoms with Gasteiger partial charge in [0.15, 0.2) is 0 Å². The molecule has 0 aromatic carbocycles. The van der Waals surface area contributed by atoms with Crippen molar-refractivity contribution in [1.82, 2.24) is 10.6 Å². The number of methoxy groups -OCH3 is 2. The molecule has 0 bridgehead atoms. The summed E-state index contributed by atoms with van der Waals surface area (Å²) in [5, 5.41) is 6.85. The number of carbonyl (C=O) groups is 2. The van der Waals surface area contributed by atoms with E-state index in [0.717, 1.165) is 12.8 Å². The van der Waals surface area contributed by atoms with Gasteiger partial charge >= 0.3 is 11.9 Å². The molecule has 2 N–H and O–H groups in total. The van der Waals surface area contributed by atoms with E-state index in [-0.39, 0.29) is 23.5 Å². The van der Waals surface area contributed by atoms with Crippen LogP contribution in [0.25, 0.3) is 0 Å². The van der Waals surface area contributed by atoms with Crippen LogP contribution < -0.4 is 10.6 Å². The fourth-order valence-electron chi connectivity index (χ4n) is 3.33. The summed E-state index contributed by atoms with van der Waals surface area (Å²) in [4.78, 5) is 23.3. The van der Waals surface area contributed by atoms with Gasteiger partial charge in [0.2, 0.25) is 0 Å². The van der Waals surface area contributed by atoms with E-state index in [1.165, 1.54) is 14.2 Å². The van der Waals surface area contributed by atoms with E-state index in [1.54, 1.807) is 0 Å². The lowest BCUT2D eigenvalue weighted by atomic mass is 9.79. The Morgan fingerprint density at radius 2 is 1.67 bits per heavy atom. The van der Waals surface area contributed by atoms with Crippen molar-refractivity contribution in [3.63, 3.8) is 0 Å². The minimum atomic E-state index is -0.669. The molecule has 0 aliphatic carbocycles. The third-order valence-electron chi connectivity index (χ3n) is 3.71. The van der Waals surface area contributed by atoms with Crippen LogP contribution in [0.1, 0.15) is 47.0 Å². The van der Waals surface area contributed by atoms with Crippen LogP contribution in [0.5, 0.6) is 0 Å². The number of ether oxygens (including phenoxy) is 2. The lowest BCUT2D eigenvalue weighted by Crippen LogP contribution is -2.63. The quantitative estimate of drug-likeness (QED) is 0.737. The van der Waals surface area contributed by atoms with Gasteiger partial charge in [-0.05, 0) is 40.5 Å². The molecule has 1 unspecified atom stereocenters. The van der Waals surface area contributed by atoms with E-state index < -0.39 is 18.0 Å². The fraction of sp³-hybridized carbons (Fsp3) is 0.867. The molecule has 6 nitrogen and oxygen atoms in total. The number of carbonyl (C=O) groups excluding carboxylic acids is 2. The van der Waals surface area contributed by atoms with Gasteiger partial charge in [-0.1, -0.05) is 0 Å². The molecule has 0 aromatic rings. The number of nitrogens with one attached hydrogen (secondary N) is 2. The maximum Gasteiger partial charge on any atom is 0.323 e. The Morgan fingerprint density at radius 1 is 1.14 bits per heavy atom. The molecule has 122 valence electrons. The van der Waals surface area contributed by atoms with Gasteiger partial charge in [0.1, 0.15) is 6.04 Å². The smallest absolute Gasteiger partial charge is 0.323 e. The van der Waals surface area contributed by atoms with E-state index >= 15 is 0 Å². The molecule has 1 saturated heterocycles. The monoisotopic (exact) mass is 300 g/mol. The second kappa shape index (κ2) is 6.75. The number of hydrogen-bond acceptors (Lipinski definition) is 6. The van der Waals surface area contributed by atoms with Crippen molar-refractivity contribution in [2.75, 3.05) is 14.2 Å². The third-order valence-corrected chi connectivity index (χ3v) is 3.71. The highest BCUT2D eigenvalue weighted by Crippen LogP contribution is 2.28. The van der Waals surface area contributed by atoms with Crippen LogP contribution in [-0.2, 0) is 19.1 Å². The topological polar surface area (TPSA) is 76.7 Å². The first-order valence-electron chi connectivity index (χ1n) is 7.28. The average molecular weight is 300 g/mol.